The fraction of sp³-hybridized carbons (Fsp3) is 0.320. The molecule has 10 heteroatoms. The second-order valence-corrected chi connectivity index (χ2v) is 9.98. The smallest absolute Gasteiger partial charge is 0.322 e. The van der Waals surface area contributed by atoms with Crippen molar-refractivity contribution in [3.63, 3.8) is 0 Å². The Morgan fingerprint density at radius 3 is 2.80 bits per heavy atom. The Morgan fingerprint density at radius 1 is 1.11 bits per heavy atom. The zero-order valence-corrected chi connectivity index (χ0v) is 20.2. The van der Waals surface area contributed by atoms with Gasteiger partial charge in [-0.1, -0.05) is 30.7 Å². The highest BCUT2D eigenvalue weighted by atomic mass is 32.2. The molecule has 0 radical (unpaired) electrons. The molecule has 9 nitrogen and oxygen atoms in total. The van der Waals surface area contributed by atoms with Gasteiger partial charge < -0.3 is 15.2 Å². The Hall–Kier alpha value is -3.66. The second kappa shape index (κ2) is 9.53. The zero-order chi connectivity index (χ0) is 24.4. The monoisotopic (exact) mass is 490 g/mol. The maximum atomic E-state index is 13.2. The summed E-state index contributed by atoms with van der Waals surface area (Å²) in [6, 6.07) is 14.3. The number of amides is 4. The molecule has 3 heterocycles. The number of fused-ring (bicyclic) bond motifs is 1. The number of hydrogen-bond donors (Lipinski definition) is 3. The highest BCUT2D eigenvalue weighted by Gasteiger charge is 2.41. The van der Waals surface area contributed by atoms with E-state index in [2.05, 4.69) is 30.7 Å². The van der Waals surface area contributed by atoms with Crippen LogP contribution in [-0.2, 0) is 17.8 Å². The van der Waals surface area contributed by atoms with E-state index in [4.69, 9.17) is 0 Å². The van der Waals surface area contributed by atoms with E-state index in [1.165, 1.54) is 18.2 Å². The quantitative estimate of drug-likeness (QED) is 0.359. The summed E-state index contributed by atoms with van der Waals surface area (Å²) in [6.07, 6.45) is 4.35. The van der Waals surface area contributed by atoms with Crippen molar-refractivity contribution in [3.8, 4) is 11.4 Å². The van der Waals surface area contributed by atoms with Crippen LogP contribution >= 0.6 is 11.8 Å². The molecule has 0 spiro atoms. The van der Waals surface area contributed by atoms with Gasteiger partial charge in [0, 0.05) is 34.9 Å². The largest absolute Gasteiger partial charge is 0.323 e. The van der Waals surface area contributed by atoms with E-state index in [-0.39, 0.29) is 11.8 Å². The second-order valence-electron chi connectivity index (χ2n) is 8.96. The number of thioether (sulfide) groups is 1. The van der Waals surface area contributed by atoms with E-state index in [1.807, 2.05) is 36.4 Å². The first-order chi connectivity index (χ1) is 16.9. The third-order valence-electron chi connectivity index (χ3n) is 6.25. The van der Waals surface area contributed by atoms with Crippen LogP contribution in [0.2, 0.25) is 0 Å². The first-order valence-corrected chi connectivity index (χ1v) is 12.6. The number of nitrogens with zero attached hydrogens (tertiary/aromatic N) is 3. The van der Waals surface area contributed by atoms with Gasteiger partial charge in [0.2, 0.25) is 0 Å². The normalized spacial score (nSPS) is 19.5. The molecule has 3 N–H and O–H groups in total. The van der Waals surface area contributed by atoms with Crippen molar-refractivity contribution in [2.24, 2.45) is 0 Å². The highest BCUT2D eigenvalue weighted by Crippen LogP contribution is 2.29. The number of benzene rings is 2. The van der Waals surface area contributed by atoms with Gasteiger partial charge in [-0.15, -0.1) is 22.0 Å². The number of aryl methyl sites for hydroxylation is 1. The average Bonchev–Trinajstić information content (AvgIpc) is 3.26. The number of rotatable bonds is 6. The van der Waals surface area contributed by atoms with Crippen molar-refractivity contribution in [2.75, 3.05) is 11.1 Å². The molecule has 1 atom stereocenters. The Labute approximate surface area is 207 Å². The molecule has 2 aliphatic rings. The number of carbonyl (C=O) groups is 3. The summed E-state index contributed by atoms with van der Waals surface area (Å²) in [5.41, 5.74) is 1.03. The van der Waals surface area contributed by atoms with Crippen LogP contribution in [-0.4, -0.2) is 43.9 Å². The van der Waals surface area contributed by atoms with Gasteiger partial charge in [0.1, 0.15) is 11.4 Å². The van der Waals surface area contributed by atoms with E-state index in [9.17, 15) is 14.4 Å². The average molecular weight is 491 g/mol. The van der Waals surface area contributed by atoms with E-state index in [0.717, 1.165) is 47.9 Å². The predicted molar refractivity (Wildman–Crippen MR) is 133 cm³/mol. The number of imide groups is 1. The van der Waals surface area contributed by atoms with Crippen LogP contribution in [0.3, 0.4) is 0 Å². The van der Waals surface area contributed by atoms with Gasteiger partial charge in [-0.25, -0.2) is 4.79 Å². The van der Waals surface area contributed by atoms with E-state index in [0.29, 0.717) is 17.0 Å². The molecule has 3 aromatic rings. The Morgan fingerprint density at radius 2 is 1.97 bits per heavy atom. The van der Waals surface area contributed by atoms with E-state index < -0.39 is 11.6 Å². The molecule has 5 rings (SSSR count). The fourth-order valence-corrected chi connectivity index (χ4v) is 5.45. The molecule has 2 aliphatic heterocycles. The summed E-state index contributed by atoms with van der Waals surface area (Å²) in [5, 5.41) is 16.7. The summed E-state index contributed by atoms with van der Waals surface area (Å²) >= 11 is 1.35. The van der Waals surface area contributed by atoms with Crippen LogP contribution in [0.15, 0.2) is 53.4 Å². The lowest BCUT2D eigenvalue weighted by Gasteiger charge is -2.20. The number of anilines is 1. The highest BCUT2D eigenvalue weighted by molar-refractivity contribution is 7.99. The van der Waals surface area contributed by atoms with Crippen molar-refractivity contribution >= 4 is 35.3 Å². The fourth-order valence-electron chi connectivity index (χ4n) is 4.32. The maximum absolute atomic E-state index is 13.2. The van der Waals surface area contributed by atoms with Gasteiger partial charge in [-0.2, -0.15) is 0 Å². The first kappa shape index (κ1) is 23.1. The molecular formula is C25H26N6O3S. The van der Waals surface area contributed by atoms with Crippen LogP contribution in [0.1, 0.15) is 42.4 Å². The maximum Gasteiger partial charge on any atom is 0.322 e. The first-order valence-electron chi connectivity index (χ1n) is 11.6. The van der Waals surface area contributed by atoms with Crippen molar-refractivity contribution in [2.45, 2.75) is 49.6 Å². The Kier molecular flexibility index (Phi) is 6.29. The zero-order valence-electron chi connectivity index (χ0n) is 19.3. The summed E-state index contributed by atoms with van der Waals surface area (Å²) in [7, 11) is 0. The number of aromatic nitrogens is 3. The van der Waals surface area contributed by atoms with Crippen LogP contribution in [0.25, 0.3) is 11.4 Å². The minimum absolute atomic E-state index is 0.254. The molecule has 1 fully saturated rings. The minimum atomic E-state index is -1.03. The third-order valence-corrected chi connectivity index (χ3v) is 7.64. The standard InChI is InChI=1S/C25H26N6O3S/c1-25(23(33)27-24(34)28-25)15-35-19-11-5-4-10-18(19)22(32)26-17-9-7-8-16(14-17)21-30-29-20-12-3-2-6-13-31(20)21/h4-5,7-11,14H,2-3,6,12-13,15H2,1H3,(H,26,32)(H2,27,28,33,34)/t25-/m1/s1. The van der Waals surface area contributed by atoms with Gasteiger partial charge in [-0.3, -0.25) is 14.9 Å². The summed E-state index contributed by atoms with van der Waals surface area (Å²) in [6.45, 7) is 2.57. The summed E-state index contributed by atoms with van der Waals surface area (Å²) < 4.78 is 2.18. The number of carbonyl (C=O) groups excluding carboxylic acids is 3. The van der Waals surface area contributed by atoms with Gasteiger partial charge >= 0.3 is 6.03 Å². The number of nitrogens with one attached hydrogen (secondary N) is 3. The molecule has 0 saturated carbocycles. The topological polar surface area (TPSA) is 118 Å². The van der Waals surface area contributed by atoms with Gasteiger partial charge in [-0.05, 0) is 44.0 Å². The van der Waals surface area contributed by atoms with Crippen molar-refractivity contribution in [3.05, 3.63) is 59.9 Å². The Bertz CT molecular complexity index is 1310. The Balaban J connectivity index is 1.33. The van der Waals surface area contributed by atoms with Crippen molar-refractivity contribution < 1.29 is 14.4 Å². The molecule has 0 bridgehead atoms. The summed E-state index contributed by atoms with van der Waals surface area (Å²) in [4.78, 5) is 37.6. The van der Waals surface area contributed by atoms with Gasteiger partial charge in [0.25, 0.3) is 11.8 Å². The number of urea groups is 1. The van der Waals surface area contributed by atoms with Crippen LogP contribution in [0, 0.1) is 0 Å². The van der Waals surface area contributed by atoms with Gasteiger partial charge in [0.15, 0.2) is 5.82 Å². The van der Waals surface area contributed by atoms with Crippen molar-refractivity contribution in [1.82, 2.24) is 25.4 Å². The third kappa shape index (κ3) is 4.79. The molecule has 4 amide bonds. The van der Waals surface area contributed by atoms with Crippen LogP contribution in [0.5, 0.6) is 0 Å². The molecule has 35 heavy (non-hydrogen) atoms. The predicted octanol–water partition coefficient (Wildman–Crippen LogP) is 3.61. The lowest BCUT2D eigenvalue weighted by molar-refractivity contribution is -0.122. The molecular weight excluding hydrogens is 464 g/mol. The van der Waals surface area contributed by atoms with E-state index in [1.54, 1.807) is 19.1 Å². The molecule has 180 valence electrons. The van der Waals surface area contributed by atoms with E-state index >= 15 is 0 Å². The summed E-state index contributed by atoms with van der Waals surface area (Å²) in [5.74, 6) is 1.50. The molecule has 2 aromatic carbocycles. The molecule has 0 unspecified atom stereocenters. The molecule has 1 saturated heterocycles. The minimum Gasteiger partial charge on any atom is -0.323 e. The SMILES string of the molecule is C[C@]1(CSc2ccccc2C(=O)Nc2cccc(-c3nnc4n3CCCCC4)c2)NC(=O)NC1=O. The molecule has 1 aromatic heterocycles. The number of hydrogen-bond acceptors (Lipinski definition) is 6. The molecule has 0 aliphatic carbocycles. The van der Waals surface area contributed by atoms with Crippen molar-refractivity contribution in [1.29, 1.82) is 0 Å². The lowest BCUT2D eigenvalue weighted by atomic mass is 10.1. The van der Waals surface area contributed by atoms with Crippen LogP contribution < -0.4 is 16.0 Å². The van der Waals surface area contributed by atoms with Gasteiger partial charge in [0.05, 0.1) is 5.56 Å². The van der Waals surface area contributed by atoms with Crippen LogP contribution in [0.4, 0.5) is 10.5 Å². The lowest BCUT2D eigenvalue weighted by Crippen LogP contribution is -2.46.